The van der Waals surface area contributed by atoms with Crippen molar-refractivity contribution < 1.29 is 9.90 Å². The van der Waals surface area contributed by atoms with Crippen LogP contribution < -0.4 is 0 Å². The molecule has 2 aromatic heterocycles. The normalized spacial score (nSPS) is 11.1. The van der Waals surface area contributed by atoms with Crippen LogP contribution in [0.1, 0.15) is 10.5 Å². The van der Waals surface area contributed by atoms with Gasteiger partial charge in [0.05, 0.1) is 5.52 Å². The highest BCUT2D eigenvalue weighted by molar-refractivity contribution is 6.04. The molecule has 2 N–H and O–H groups in total. The summed E-state index contributed by atoms with van der Waals surface area (Å²) in [5.74, 6) is -1.02. The van der Waals surface area contributed by atoms with Crippen molar-refractivity contribution in [2.24, 2.45) is 0 Å². The van der Waals surface area contributed by atoms with Crippen molar-refractivity contribution in [1.82, 2.24) is 9.97 Å². The Balaban J connectivity index is 2.08. The van der Waals surface area contributed by atoms with E-state index in [1.165, 1.54) is 6.07 Å². The predicted molar refractivity (Wildman–Crippen MR) is 86.0 cm³/mol. The Morgan fingerprint density at radius 3 is 2.64 bits per heavy atom. The second-order valence-corrected chi connectivity index (χ2v) is 5.12. The topological polar surface area (TPSA) is 66.0 Å². The zero-order chi connectivity index (χ0) is 15.1. The lowest BCUT2D eigenvalue weighted by molar-refractivity contribution is 0.0691. The van der Waals surface area contributed by atoms with Crippen molar-refractivity contribution in [1.29, 1.82) is 0 Å². The molecule has 0 unspecified atom stereocenters. The van der Waals surface area contributed by atoms with Gasteiger partial charge in [-0.1, -0.05) is 36.4 Å². The van der Waals surface area contributed by atoms with Crippen LogP contribution in [0.25, 0.3) is 32.9 Å². The third kappa shape index (κ3) is 1.85. The van der Waals surface area contributed by atoms with Crippen LogP contribution in [0.4, 0.5) is 0 Å². The first-order valence-corrected chi connectivity index (χ1v) is 6.93. The number of aromatic amines is 1. The van der Waals surface area contributed by atoms with E-state index >= 15 is 0 Å². The van der Waals surface area contributed by atoms with E-state index < -0.39 is 5.97 Å². The molecule has 4 rings (SSSR count). The van der Waals surface area contributed by atoms with E-state index in [-0.39, 0.29) is 5.69 Å². The average molecular weight is 288 g/mol. The molecule has 0 spiro atoms. The molecule has 0 bridgehead atoms. The van der Waals surface area contributed by atoms with Crippen molar-refractivity contribution in [3.05, 3.63) is 66.5 Å². The molecule has 0 aliphatic rings. The third-order valence-electron chi connectivity index (χ3n) is 3.82. The van der Waals surface area contributed by atoms with Gasteiger partial charge in [0.2, 0.25) is 0 Å². The summed E-state index contributed by atoms with van der Waals surface area (Å²) in [6.45, 7) is 0. The Morgan fingerprint density at radius 1 is 0.955 bits per heavy atom. The van der Waals surface area contributed by atoms with E-state index in [9.17, 15) is 9.90 Å². The number of nitrogens with zero attached hydrogens (tertiary/aromatic N) is 1. The zero-order valence-corrected chi connectivity index (χ0v) is 11.6. The number of fused-ring (bicyclic) bond motifs is 2. The molecule has 2 heterocycles. The Bertz CT molecular complexity index is 1020. The van der Waals surface area contributed by atoms with Crippen LogP contribution in [0.15, 0.2) is 60.8 Å². The zero-order valence-electron chi connectivity index (χ0n) is 11.6. The maximum absolute atomic E-state index is 11.2. The molecule has 0 aliphatic carbocycles. The first-order chi connectivity index (χ1) is 10.7. The SMILES string of the molecule is O=C(O)c1ccc2cccc(-c3cccc4[nH]ccc34)c2n1. The van der Waals surface area contributed by atoms with Gasteiger partial charge in [-0.2, -0.15) is 0 Å². The van der Waals surface area contributed by atoms with Crippen LogP contribution in [0.2, 0.25) is 0 Å². The first-order valence-electron chi connectivity index (χ1n) is 6.93. The van der Waals surface area contributed by atoms with Gasteiger partial charge in [-0.3, -0.25) is 0 Å². The monoisotopic (exact) mass is 288 g/mol. The van der Waals surface area contributed by atoms with Gasteiger partial charge in [0.1, 0.15) is 5.69 Å². The van der Waals surface area contributed by atoms with Crippen LogP contribution >= 0.6 is 0 Å². The van der Waals surface area contributed by atoms with Gasteiger partial charge in [0.25, 0.3) is 0 Å². The molecule has 0 saturated heterocycles. The van der Waals surface area contributed by atoms with Crippen molar-refractivity contribution in [2.75, 3.05) is 0 Å². The highest BCUT2D eigenvalue weighted by Crippen LogP contribution is 2.32. The molecule has 0 fully saturated rings. The number of carboxylic acid groups (broad SMARTS) is 1. The molecule has 0 saturated carbocycles. The van der Waals surface area contributed by atoms with E-state index in [0.29, 0.717) is 5.52 Å². The quantitative estimate of drug-likeness (QED) is 0.584. The number of para-hydroxylation sites is 1. The number of rotatable bonds is 2. The fourth-order valence-corrected chi connectivity index (χ4v) is 2.80. The molecular formula is C18H12N2O2. The summed E-state index contributed by atoms with van der Waals surface area (Å²) < 4.78 is 0. The summed E-state index contributed by atoms with van der Waals surface area (Å²) in [5.41, 5.74) is 3.78. The number of aromatic carboxylic acids is 1. The van der Waals surface area contributed by atoms with Crippen molar-refractivity contribution >= 4 is 27.8 Å². The second-order valence-electron chi connectivity index (χ2n) is 5.12. The molecule has 4 heteroatoms. The number of carbonyl (C=O) groups is 1. The van der Waals surface area contributed by atoms with Gasteiger partial charge in [0, 0.05) is 28.0 Å². The van der Waals surface area contributed by atoms with Crippen LogP contribution in [0.3, 0.4) is 0 Å². The molecule has 22 heavy (non-hydrogen) atoms. The van der Waals surface area contributed by atoms with E-state index in [1.807, 2.05) is 48.7 Å². The summed E-state index contributed by atoms with van der Waals surface area (Å²) in [7, 11) is 0. The molecule has 2 aromatic carbocycles. The highest BCUT2D eigenvalue weighted by Gasteiger charge is 2.11. The second kappa shape index (κ2) is 4.70. The van der Waals surface area contributed by atoms with Crippen LogP contribution in [0.5, 0.6) is 0 Å². The lowest BCUT2D eigenvalue weighted by Gasteiger charge is -2.08. The van der Waals surface area contributed by atoms with Crippen molar-refractivity contribution in [2.45, 2.75) is 0 Å². The maximum atomic E-state index is 11.2. The molecule has 4 aromatic rings. The van der Waals surface area contributed by atoms with E-state index in [4.69, 9.17) is 0 Å². The standard InChI is InChI=1S/C18H12N2O2/c21-18(22)16-8-7-11-3-1-5-14(17(11)20-16)12-4-2-6-15-13(12)9-10-19-15/h1-10,19H,(H,21,22). The number of hydrogen-bond donors (Lipinski definition) is 2. The minimum absolute atomic E-state index is 0.0567. The van der Waals surface area contributed by atoms with Crippen LogP contribution in [-0.4, -0.2) is 21.0 Å². The minimum Gasteiger partial charge on any atom is -0.477 e. The lowest BCUT2D eigenvalue weighted by Crippen LogP contribution is -2.00. The number of nitrogens with one attached hydrogen (secondary N) is 1. The number of aromatic nitrogens is 2. The molecule has 0 radical (unpaired) electrons. The Hall–Kier alpha value is -3.14. The number of hydrogen-bond acceptors (Lipinski definition) is 2. The fourth-order valence-electron chi connectivity index (χ4n) is 2.80. The fraction of sp³-hybridized carbons (Fsp3) is 0. The Kier molecular flexibility index (Phi) is 2.69. The van der Waals surface area contributed by atoms with Gasteiger partial charge in [0.15, 0.2) is 0 Å². The molecular weight excluding hydrogens is 276 g/mol. The third-order valence-corrected chi connectivity index (χ3v) is 3.82. The Labute approximate surface area is 126 Å². The van der Waals surface area contributed by atoms with Crippen molar-refractivity contribution in [3.63, 3.8) is 0 Å². The highest BCUT2D eigenvalue weighted by atomic mass is 16.4. The van der Waals surface area contributed by atoms with E-state index in [2.05, 4.69) is 9.97 Å². The van der Waals surface area contributed by atoms with E-state index in [1.54, 1.807) is 6.07 Å². The summed E-state index contributed by atoms with van der Waals surface area (Å²) in [4.78, 5) is 18.7. The summed E-state index contributed by atoms with van der Waals surface area (Å²) >= 11 is 0. The number of H-pyrrole nitrogens is 1. The molecule has 0 atom stereocenters. The largest absolute Gasteiger partial charge is 0.477 e. The predicted octanol–water partition coefficient (Wildman–Crippen LogP) is 4.08. The molecule has 4 nitrogen and oxygen atoms in total. The number of benzene rings is 2. The van der Waals surface area contributed by atoms with Gasteiger partial charge >= 0.3 is 5.97 Å². The van der Waals surface area contributed by atoms with Gasteiger partial charge in [-0.15, -0.1) is 0 Å². The lowest BCUT2D eigenvalue weighted by atomic mass is 9.99. The molecule has 0 aliphatic heterocycles. The number of carboxylic acids is 1. The average Bonchev–Trinajstić information content (AvgIpc) is 3.02. The summed E-state index contributed by atoms with van der Waals surface area (Å²) in [5, 5.41) is 11.2. The van der Waals surface area contributed by atoms with Crippen LogP contribution in [-0.2, 0) is 0 Å². The van der Waals surface area contributed by atoms with Gasteiger partial charge in [-0.25, -0.2) is 9.78 Å². The maximum Gasteiger partial charge on any atom is 0.354 e. The van der Waals surface area contributed by atoms with Crippen molar-refractivity contribution in [3.8, 4) is 11.1 Å². The molecule has 0 amide bonds. The van der Waals surface area contributed by atoms with E-state index in [0.717, 1.165) is 27.4 Å². The molecule has 106 valence electrons. The van der Waals surface area contributed by atoms with Gasteiger partial charge < -0.3 is 10.1 Å². The number of pyridine rings is 1. The summed E-state index contributed by atoms with van der Waals surface area (Å²) in [6, 6.07) is 17.2. The van der Waals surface area contributed by atoms with Gasteiger partial charge in [-0.05, 0) is 23.8 Å². The first kappa shape index (κ1) is 12.6. The smallest absolute Gasteiger partial charge is 0.354 e. The minimum atomic E-state index is -1.02. The Morgan fingerprint density at radius 2 is 1.77 bits per heavy atom. The van der Waals surface area contributed by atoms with Crippen LogP contribution in [0, 0.1) is 0 Å². The summed E-state index contributed by atoms with van der Waals surface area (Å²) in [6.07, 6.45) is 1.90.